The third kappa shape index (κ3) is 4.89. The number of alkyl halides is 1. The van der Waals surface area contributed by atoms with Gasteiger partial charge in [0.2, 0.25) is 0 Å². The molecule has 0 unspecified atom stereocenters. The number of fused-ring (bicyclic) bond motifs is 3. The molecule has 3 nitrogen and oxygen atoms in total. The zero-order chi connectivity index (χ0) is 23.9. The molecule has 1 saturated heterocycles. The van der Waals surface area contributed by atoms with Crippen LogP contribution in [-0.2, 0) is 6.42 Å². The van der Waals surface area contributed by atoms with Gasteiger partial charge in [-0.25, -0.2) is 0 Å². The SMILES string of the molecule is C[C@@H]1Cc2sc3ccccc3c2[C@@H](c2ccc(OCCN3CC(CF)C3)cc2)N1CC(C)(C)C. The summed E-state index contributed by atoms with van der Waals surface area (Å²) < 4.78 is 20.1. The Bertz CT molecular complexity index is 1110. The van der Waals surface area contributed by atoms with Gasteiger partial charge in [0.1, 0.15) is 12.4 Å². The highest BCUT2D eigenvalue weighted by molar-refractivity contribution is 7.19. The summed E-state index contributed by atoms with van der Waals surface area (Å²) in [6.07, 6.45) is 1.11. The molecule has 0 N–H and O–H groups in total. The van der Waals surface area contributed by atoms with Crippen molar-refractivity contribution in [1.82, 2.24) is 9.80 Å². The minimum atomic E-state index is -0.202. The van der Waals surface area contributed by atoms with Gasteiger partial charge in [-0.3, -0.25) is 14.2 Å². The Morgan fingerprint density at radius 1 is 1.06 bits per heavy atom. The van der Waals surface area contributed by atoms with E-state index in [9.17, 15) is 4.39 Å². The molecule has 3 heterocycles. The Kier molecular flexibility index (Phi) is 6.71. The lowest BCUT2D eigenvalue weighted by atomic mass is 9.85. The first-order valence-corrected chi connectivity index (χ1v) is 13.4. The third-order valence-electron chi connectivity index (χ3n) is 7.14. The molecule has 2 aliphatic heterocycles. The van der Waals surface area contributed by atoms with Gasteiger partial charge in [-0.15, -0.1) is 11.3 Å². The van der Waals surface area contributed by atoms with E-state index in [2.05, 4.69) is 86.0 Å². The summed E-state index contributed by atoms with van der Waals surface area (Å²) in [6, 6.07) is 18.4. The summed E-state index contributed by atoms with van der Waals surface area (Å²) >= 11 is 1.97. The number of thiophene rings is 1. The average molecular weight is 481 g/mol. The average Bonchev–Trinajstić information content (AvgIpc) is 3.13. The largest absolute Gasteiger partial charge is 0.492 e. The van der Waals surface area contributed by atoms with Crippen LogP contribution in [0.15, 0.2) is 48.5 Å². The van der Waals surface area contributed by atoms with Crippen LogP contribution in [-0.4, -0.2) is 55.3 Å². The molecule has 0 amide bonds. The molecule has 0 bridgehead atoms. The van der Waals surface area contributed by atoms with Crippen LogP contribution in [0.5, 0.6) is 5.75 Å². The molecule has 0 radical (unpaired) electrons. The second-order valence-corrected chi connectivity index (χ2v) is 12.5. The number of nitrogens with zero attached hydrogens (tertiary/aromatic N) is 2. The molecule has 0 aliphatic carbocycles. The number of hydrogen-bond donors (Lipinski definition) is 0. The van der Waals surface area contributed by atoms with Crippen LogP contribution < -0.4 is 4.74 Å². The van der Waals surface area contributed by atoms with E-state index >= 15 is 0 Å². The Labute approximate surface area is 207 Å². The van der Waals surface area contributed by atoms with Crippen LogP contribution >= 0.6 is 11.3 Å². The number of rotatable bonds is 7. The molecule has 1 fully saturated rings. The van der Waals surface area contributed by atoms with Gasteiger partial charge in [0, 0.05) is 47.7 Å². The molecule has 182 valence electrons. The van der Waals surface area contributed by atoms with Crippen LogP contribution in [0.2, 0.25) is 0 Å². The standard InChI is InChI=1S/C29H37FN2OS/c1-20-15-26-27(24-7-5-6-8-25(24)34-26)28(32(20)19-29(2,3)4)22-9-11-23(12-10-22)33-14-13-31-17-21(16-30)18-31/h5-12,20-21,28H,13-19H2,1-4H3/t20-,28-/m1/s1. The molecular formula is C29H37FN2OS. The molecule has 34 heavy (non-hydrogen) atoms. The fourth-order valence-corrected chi connectivity index (χ4v) is 6.88. The highest BCUT2D eigenvalue weighted by Crippen LogP contribution is 2.46. The molecule has 2 aromatic carbocycles. The summed E-state index contributed by atoms with van der Waals surface area (Å²) in [5.41, 5.74) is 3.05. The van der Waals surface area contributed by atoms with Crippen molar-refractivity contribution in [3.8, 4) is 5.75 Å². The van der Waals surface area contributed by atoms with Gasteiger partial charge in [0.25, 0.3) is 0 Å². The Morgan fingerprint density at radius 2 is 1.79 bits per heavy atom. The van der Waals surface area contributed by atoms with Crippen LogP contribution in [0, 0.1) is 11.3 Å². The number of likely N-dealkylation sites (tertiary alicyclic amines) is 1. The van der Waals surface area contributed by atoms with E-state index in [4.69, 9.17) is 4.74 Å². The molecule has 2 aliphatic rings. The topological polar surface area (TPSA) is 15.7 Å². The predicted octanol–water partition coefficient (Wildman–Crippen LogP) is 6.56. The number of halogens is 1. The Morgan fingerprint density at radius 3 is 2.50 bits per heavy atom. The molecule has 2 atom stereocenters. The lowest BCUT2D eigenvalue weighted by Gasteiger charge is -2.44. The van der Waals surface area contributed by atoms with Crippen LogP contribution in [0.1, 0.15) is 49.7 Å². The lowest BCUT2D eigenvalue weighted by Crippen LogP contribution is -2.49. The zero-order valence-corrected chi connectivity index (χ0v) is 21.7. The van der Waals surface area contributed by atoms with Gasteiger partial charge >= 0.3 is 0 Å². The van der Waals surface area contributed by atoms with Crippen molar-refractivity contribution in [3.63, 3.8) is 0 Å². The lowest BCUT2D eigenvalue weighted by molar-refractivity contribution is 0.0668. The Hall–Kier alpha value is -1.95. The monoisotopic (exact) mass is 480 g/mol. The van der Waals surface area contributed by atoms with E-state index < -0.39 is 0 Å². The number of benzene rings is 2. The summed E-state index contributed by atoms with van der Waals surface area (Å²) in [4.78, 5) is 6.50. The van der Waals surface area contributed by atoms with E-state index in [0.29, 0.717) is 12.6 Å². The maximum atomic E-state index is 12.6. The highest BCUT2D eigenvalue weighted by Gasteiger charge is 2.37. The van der Waals surface area contributed by atoms with E-state index in [0.717, 1.165) is 38.3 Å². The number of hydrogen-bond acceptors (Lipinski definition) is 4. The van der Waals surface area contributed by atoms with Gasteiger partial charge < -0.3 is 4.74 Å². The molecule has 1 aromatic heterocycles. The van der Waals surface area contributed by atoms with E-state index in [1.165, 1.54) is 26.1 Å². The molecule has 0 saturated carbocycles. The van der Waals surface area contributed by atoms with Crippen LogP contribution in [0.25, 0.3) is 10.1 Å². The van der Waals surface area contributed by atoms with Gasteiger partial charge in [0.05, 0.1) is 12.7 Å². The Balaban J connectivity index is 1.39. The minimum absolute atomic E-state index is 0.202. The van der Waals surface area contributed by atoms with Gasteiger partial charge in [-0.05, 0) is 53.5 Å². The van der Waals surface area contributed by atoms with Crippen LogP contribution in [0.4, 0.5) is 4.39 Å². The van der Waals surface area contributed by atoms with E-state index in [1.807, 2.05) is 11.3 Å². The van der Waals surface area contributed by atoms with Crippen molar-refractivity contribution in [2.75, 3.05) is 39.5 Å². The van der Waals surface area contributed by atoms with Gasteiger partial charge in [-0.1, -0.05) is 51.1 Å². The maximum absolute atomic E-state index is 12.6. The highest BCUT2D eigenvalue weighted by atomic mass is 32.1. The molecule has 0 spiro atoms. The second kappa shape index (κ2) is 9.60. The number of ether oxygens (including phenoxy) is 1. The fraction of sp³-hybridized carbons (Fsp3) is 0.517. The fourth-order valence-electron chi connectivity index (χ4n) is 5.52. The van der Waals surface area contributed by atoms with Crippen molar-refractivity contribution >= 4 is 21.4 Å². The summed E-state index contributed by atoms with van der Waals surface area (Å²) in [7, 11) is 0. The smallest absolute Gasteiger partial charge is 0.119 e. The second-order valence-electron chi connectivity index (χ2n) is 11.3. The van der Waals surface area contributed by atoms with Crippen molar-refractivity contribution in [2.45, 2.75) is 46.2 Å². The quantitative estimate of drug-likeness (QED) is 0.381. The predicted molar refractivity (Wildman–Crippen MR) is 141 cm³/mol. The normalized spacial score (nSPS) is 22.0. The van der Waals surface area contributed by atoms with Crippen molar-refractivity contribution in [2.24, 2.45) is 11.3 Å². The molecule has 5 heteroatoms. The maximum Gasteiger partial charge on any atom is 0.119 e. The summed E-state index contributed by atoms with van der Waals surface area (Å²) in [6.45, 7) is 13.5. The van der Waals surface area contributed by atoms with Crippen LogP contribution in [0.3, 0.4) is 0 Å². The third-order valence-corrected chi connectivity index (χ3v) is 8.35. The summed E-state index contributed by atoms with van der Waals surface area (Å²) in [5.74, 6) is 1.14. The van der Waals surface area contributed by atoms with Crippen molar-refractivity contribution < 1.29 is 9.13 Å². The first kappa shape index (κ1) is 23.8. The van der Waals surface area contributed by atoms with E-state index in [1.54, 1.807) is 0 Å². The van der Waals surface area contributed by atoms with E-state index in [-0.39, 0.29) is 24.0 Å². The van der Waals surface area contributed by atoms with Crippen molar-refractivity contribution in [1.29, 1.82) is 0 Å². The molecule has 3 aromatic rings. The van der Waals surface area contributed by atoms with Crippen molar-refractivity contribution in [3.05, 3.63) is 64.5 Å². The summed E-state index contributed by atoms with van der Waals surface area (Å²) in [5, 5.41) is 1.40. The molecular weight excluding hydrogens is 443 g/mol. The zero-order valence-electron chi connectivity index (χ0n) is 20.9. The first-order valence-electron chi connectivity index (χ1n) is 12.6. The van der Waals surface area contributed by atoms with Gasteiger partial charge in [0.15, 0.2) is 0 Å². The molecule has 5 rings (SSSR count). The first-order chi connectivity index (χ1) is 16.3. The van der Waals surface area contributed by atoms with Gasteiger partial charge in [-0.2, -0.15) is 0 Å². The minimum Gasteiger partial charge on any atom is -0.492 e.